The highest BCUT2D eigenvalue weighted by atomic mass is 14.6. The average molecular weight is 142 g/mol. The Kier molecular flexibility index (Phi) is 1.35. The monoisotopic (exact) mass is 142 g/mol. The number of hydrogen-bond acceptors (Lipinski definition) is 1. The lowest BCUT2D eigenvalue weighted by molar-refractivity contribution is 1.35. The SMILES string of the molecule is Cc1c[c]nc2ccccc12. The smallest absolute Gasteiger partial charge is 0.0896 e. The maximum atomic E-state index is 4.12. The zero-order valence-corrected chi connectivity index (χ0v) is 6.33. The first-order chi connectivity index (χ1) is 5.38. The van der Waals surface area contributed by atoms with Crippen LogP contribution < -0.4 is 0 Å². The Balaban J connectivity index is 2.91. The van der Waals surface area contributed by atoms with Gasteiger partial charge in [0, 0.05) is 5.39 Å². The van der Waals surface area contributed by atoms with E-state index in [1.807, 2.05) is 24.3 Å². The van der Waals surface area contributed by atoms with E-state index in [0.717, 1.165) is 5.52 Å². The van der Waals surface area contributed by atoms with Crippen molar-refractivity contribution in [2.75, 3.05) is 0 Å². The summed E-state index contributed by atoms with van der Waals surface area (Å²) in [5.74, 6) is 0. The van der Waals surface area contributed by atoms with Crippen LogP contribution in [0.1, 0.15) is 5.56 Å². The van der Waals surface area contributed by atoms with Crippen LogP contribution in [-0.2, 0) is 0 Å². The maximum absolute atomic E-state index is 4.12. The Labute approximate surface area is 65.7 Å². The Morgan fingerprint density at radius 2 is 2.09 bits per heavy atom. The minimum atomic E-state index is 1.02. The predicted molar refractivity (Wildman–Crippen MR) is 45.3 cm³/mol. The fourth-order valence-corrected chi connectivity index (χ4v) is 1.18. The Morgan fingerprint density at radius 1 is 1.27 bits per heavy atom. The second kappa shape index (κ2) is 2.35. The molecule has 2 aromatic rings. The van der Waals surface area contributed by atoms with Gasteiger partial charge in [-0.25, -0.2) is 4.98 Å². The Morgan fingerprint density at radius 3 is 2.91 bits per heavy atom. The standard InChI is InChI=1S/C10H8N/c1-8-6-7-11-10-5-3-2-4-9(8)10/h2-6H,1H3. The molecule has 0 spiro atoms. The first kappa shape index (κ1) is 6.35. The molecule has 1 radical (unpaired) electrons. The van der Waals surface area contributed by atoms with Crippen LogP contribution in [0.3, 0.4) is 0 Å². The summed E-state index contributed by atoms with van der Waals surface area (Å²) in [4.78, 5) is 4.12. The van der Waals surface area contributed by atoms with Gasteiger partial charge in [0.15, 0.2) is 0 Å². The molecule has 0 saturated carbocycles. The molecule has 0 unspecified atom stereocenters. The van der Waals surface area contributed by atoms with Crippen LogP contribution in [-0.4, -0.2) is 4.98 Å². The minimum absolute atomic E-state index is 1.02. The van der Waals surface area contributed by atoms with E-state index >= 15 is 0 Å². The summed E-state index contributed by atoms with van der Waals surface area (Å²) in [6, 6.07) is 9.99. The van der Waals surface area contributed by atoms with Crippen LogP contribution in [0, 0.1) is 13.1 Å². The van der Waals surface area contributed by atoms with Crippen molar-refractivity contribution >= 4 is 10.9 Å². The van der Waals surface area contributed by atoms with Gasteiger partial charge in [-0.2, -0.15) is 0 Å². The highest BCUT2D eigenvalue weighted by Crippen LogP contribution is 2.13. The maximum Gasteiger partial charge on any atom is 0.0896 e. The number of fused-ring (bicyclic) bond motifs is 1. The normalized spacial score (nSPS) is 10.3. The highest BCUT2D eigenvalue weighted by Gasteiger charge is 1.93. The topological polar surface area (TPSA) is 12.9 Å². The van der Waals surface area contributed by atoms with Crippen molar-refractivity contribution in [3.63, 3.8) is 0 Å². The fraction of sp³-hybridized carbons (Fsp3) is 0.100. The lowest BCUT2D eigenvalue weighted by atomic mass is 10.1. The van der Waals surface area contributed by atoms with Crippen molar-refractivity contribution < 1.29 is 0 Å². The molecular weight excluding hydrogens is 134 g/mol. The first-order valence-electron chi connectivity index (χ1n) is 3.60. The number of rotatable bonds is 0. The van der Waals surface area contributed by atoms with Gasteiger partial charge < -0.3 is 0 Å². The van der Waals surface area contributed by atoms with Crippen LogP contribution in [0.5, 0.6) is 0 Å². The first-order valence-corrected chi connectivity index (χ1v) is 3.60. The quantitative estimate of drug-likeness (QED) is 0.550. The summed E-state index contributed by atoms with van der Waals surface area (Å²) < 4.78 is 0. The molecule has 1 aromatic carbocycles. The summed E-state index contributed by atoms with van der Waals surface area (Å²) in [7, 11) is 0. The van der Waals surface area contributed by atoms with Gasteiger partial charge in [-0.1, -0.05) is 18.2 Å². The second-order valence-corrected chi connectivity index (χ2v) is 2.59. The molecule has 1 heteroatoms. The molecular formula is C10H8N. The summed E-state index contributed by atoms with van der Waals surface area (Å²) in [6.45, 7) is 2.07. The molecule has 53 valence electrons. The molecule has 0 bridgehead atoms. The van der Waals surface area contributed by atoms with Crippen LogP contribution in [0.2, 0.25) is 0 Å². The third-order valence-corrected chi connectivity index (χ3v) is 1.79. The number of para-hydroxylation sites is 1. The third kappa shape index (κ3) is 0.984. The zero-order valence-electron chi connectivity index (χ0n) is 6.33. The Bertz CT molecular complexity index is 374. The third-order valence-electron chi connectivity index (χ3n) is 1.79. The van der Waals surface area contributed by atoms with Crippen molar-refractivity contribution in [1.82, 2.24) is 4.98 Å². The molecule has 0 aliphatic rings. The van der Waals surface area contributed by atoms with Gasteiger partial charge in [0.1, 0.15) is 0 Å². The molecule has 0 N–H and O–H groups in total. The molecule has 2 rings (SSSR count). The Hall–Kier alpha value is -1.37. The lowest BCUT2D eigenvalue weighted by Crippen LogP contribution is -1.80. The molecule has 0 amide bonds. The lowest BCUT2D eigenvalue weighted by Gasteiger charge is -1.97. The second-order valence-electron chi connectivity index (χ2n) is 2.59. The summed E-state index contributed by atoms with van der Waals surface area (Å²) in [5.41, 5.74) is 2.25. The number of hydrogen-bond donors (Lipinski definition) is 0. The number of nitrogens with zero attached hydrogens (tertiary/aromatic N) is 1. The van der Waals surface area contributed by atoms with Crippen LogP contribution >= 0.6 is 0 Å². The fourth-order valence-electron chi connectivity index (χ4n) is 1.18. The van der Waals surface area contributed by atoms with Gasteiger partial charge in [-0.05, 0) is 24.6 Å². The van der Waals surface area contributed by atoms with Crippen molar-refractivity contribution in [3.8, 4) is 0 Å². The molecule has 0 aliphatic heterocycles. The molecule has 0 atom stereocenters. The van der Waals surface area contributed by atoms with Crippen molar-refractivity contribution in [2.24, 2.45) is 0 Å². The van der Waals surface area contributed by atoms with Gasteiger partial charge in [0.2, 0.25) is 0 Å². The van der Waals surface area contributed by atoms with Gasteiger partial charge in [-0.15, -0.1) is 0 Å². The van der Waals surface area contributed by atoms with Crippen molar-refractivity contribution in [1.29, 1.82) is 0 Å². The average Bonchev–Trinajstić information content (AvgIpc) is 2.06. The summed E-state index contributed by atoms with van der Waals surface area (Å²) >= 11 is 0. The predicted octanol–water partition coefficient (Wildman–Crippen LogP) is 2.34. The largest absolute Gasteiger partial charge is 0.246 e. The van der Waals surface area contributed by atoms with E-state index in [-0.39, 0.29) is 0 Å². The van der Waals surface area contributed by atoms with E-state index < -0.39 is 0 Å². The van der Waals surface area contributed by atoms with E-state index in [4.69, 9.17) is 0 Å². The molecule has 1 aromatic heterocycles. The molecule has 1 heterocycles. The van der Waals surface area contributed by atoms with Gasteiger partial charge >= 0.3 is 0 Å². The molecule has 0 aliphatic carbocycles. The van der Waals surface area contributed by atoms with Gasteiger partial charge in [0.25, 0.3) is 0 Å². The van der Waals surface area contributed by atoms with E-state index in [2.05, 4.69) is 24.2 Å². The number of aryl methyl sites for hydroxylation is 1. The molecule has 0 saturated heterocycles. The van der Waals surface area contributed by atoms with E-state index in [9.17, 15) is 0 Å². The van der Waals surface area contributed by atoms with E-state index in [0.29, 0.717) is 0 Å². The molecule has 11 heavy (non-hydrogen) atoms. The van der Waals surface area contributed by atoms with E-state index in [1.54, 1.807) is 0 Å². The summed E-state index contributed by atoms with van der Waals surface area (Å²) in [5, 5.41) is 1.21. The van der Waals surface area contributed by atoms with E-state index in [1.165, 1.54) is 10.9 Å². The number of pyridine rings is 1. The zero-order chi connectivity index (χ0) is 7.68. The van der Waals surface area contributed by atoms with Crippen LogP contribution in [0.25, 0.3) is 10.9 Å². The van der Waals surface area contributed by atoms with Crippen LogP contribution in [0.4, 0.5) is 0 Å². The van der Waals surface area contributed by atoms with Crippen molar-refractivity contribution in [2.45, 2.75) is 6.92 Å². The van der Waals surface area contributed by atoms with Gasteiger partial charge in [0.05, 0.1) is 11.7 Å². The molecule has 0 fully saturated rings. The summed E-state index contributed by atoms with van der Waals surface area (Å²) in [6.07, 6.45) is 2.85. The van der Waals surface area contributed by atoms with Crippen molar-refractivity contribution in [3.05, 3.63) is 42.1 Å². The van der Waals surface area contributed by atoms with Crippen LogP contribution in [0.15, 0.2) is 30.3 Å². The number of benzene rings is 1. The minimum Gasteiger partial charge on any atom is -0.246 e. The molecule has 1 nitrogen and oxygen atoms in total. The van der Waals surface area contributed by atoms with Gasteiger partial charge in [-0.3, -0.25) is 0 Å². The highest BCUT2D eigenvalue weighted by molar-refractivity contribution is 5.81. The number of aromatic nitrogens is 1.